The number of anilines is 1. The summed E-state index contributed by atoms with van der Waals surface area (Å²) in [4.78, 5) is 24.7. The topological polar surface area (TPSA) is 49.4 Å². The molecule has 0 aromatic heterocycles. The molecule has 0 saturated heterocycles. The first-order valence-corrected chi connectivity index (χ1v) is 7.66. The highest BCUT2D eigenvalue weighted by Crippen LogP contribution is 2.39. The highest BCUT2D eigenvalue weighted by molar-refractivity contribution is 9.10. The van der Waals surface area contributed by atoms with Gasteiger partial charge in [0.05, 0.1) is 6.04 Å². The molecule has 108 valence electrons. The maximum Gasteiger partial charge on any atom is 0.224 e. The van der Waals surface area contributed by atoms with Crippen LogP contribution in [0.2, 0.25) is 0 Å². The van der Waals surface area contributed by atoms with Gasteiger partial charge >= 0.3 is 0 Å². The zero-order valence-corrected chi connectivity index (χ0v) is 13.3. The Hall–Kier alpha value is -1.36. The maximum atomic E-state index is 12.0. The number of carbonyl (C=O) groups is 2. The first-order valence-electron chi connectivity index (χ1n) is 6.87. The van der Waals surface area contributed by atoms with E-state index in [1.807, 2.05) is 23.1 Å². The highest BCUT2D eigenvalue weighted by atomic mass is 79.9. The summed E-state index contributed by atoms with van der Waals surface area (Å²) in [6.07, 6.45) is 3.44. The third kappa shape index (κ3) is 2.87. The first kappa shape index (κ1) is 15.0. The van der Waals surface area contributed by atoms with Crippen molar-refractivity contribution in [3.05, 3.63) is 28.2 Å². The van der Waals surface area contributed by atoms with Crippen molar-refractivity contribution in [1.82, 2.24) is 5.32 Å². The molecular weight excluding hydrogens is 320 g/mol. The summed E-state index contributed by atoms with van der Waals surface area (Å²) in [7, 11) is 0. The van der Waals surface area contributed by atoms with Crippen LogP contribution < -0.4 is 10.2 Å². The lowest BCUT2D eigenvalue weighted by Crippen LogP contribution is -2.45. The summed E-state index contributed by atoms with van der Waals surface area (Å²) in [6.45, 7) is 3.71. The number of benzene rings is 1. The number of carbonyl (C=O) groups excluding carboxylic acids is 2. The van der Waals surface area contributed by atoms with Gasteiger partial charge < -0.3 is 10.2 Å². The third-order valence-electron chi connectivity index (χ3n) is 3.73. The molecule has 20 heavy (non-hydrogen) atoms. The number of halogens is 1. The Kier molecular flexibility index (Phi) is 4.81. The lowest BCUT2D eigenvalue weighted by molar-refractivity contribution is -0.117. The van der Waals surface area contributed by atoms with Gasteiger partial charge in [-0.05, 0) is 36.6 Å². The second-order valence-electron chi connectivity index (χ2n) is 5.11. The fraction of sp³-hybridized carbons (Fsp3) is 0.467. The average molecular weight is 339 g/mol. The van der Waals surface area contributed by atoms with E-state index < -0.39 is 0 Å². The Bertz CT molecular complexity index is 519. The Morgan fingerprint density at radius 2 is 2.30 bits per heavy atom. The molecule has 5 heteroatoms. The third-order valence-corrected chi connectivity index (χ3v) is 4.22. The number of hydrogen-bond acceptors (Lipinski definition) is 2. The van der Waals surface area contributed by atoms with Gasteiger partial charge in [-0.25, -0.2) is 0 Å². The van der Waals surface area contributed by atoms with Gasteiger partial charge in [-0.1, -0.05) is 29.3 Å². The summed E-state index contributed by atoms with van der Waals surface area (Å²) in [6, 6.07) is 5.97. The zero-order chi connectivity index (χ0) is 14.7. The Morgan fingerprint density at radius 3 is 2.90 bits per heavy atom. The second kappa shape index (κ2) is 6.39. The van der Waals surface area contributed by atoms with Crippen molar-refractivity contribution in [2.45, 2.75) is 45.2 Å². The lowest BCUT2D eigenvalue weighted by atomic mass is 9.89. The van der Waals surface area contributed by atoms with Gasteiger partial charge in [0.15, 0.2) is 0 Å². The van der Waals surface area contributed by atoms with Gasteiger partial charge in [0.25, 0.3) is 0 Å². The van der Waals surface area contributed by atoms with Crippen molar-refractivity contribution in [2.24, 2.45) is 0 Å². The molecule has 1 N–H and O–H groups in total. The minimum Gasteiger partial charge on any atom is -0.352 e. The van der Waals surface area contributed by atoms with Crippen LogP contribution in [0.5, 0.6) is 0 Å². The van der Waals surface area contributed by atoms with Crippen LogP contribution in [0.3, 0.4) is 0 Å². The molecule has 1 aromatic rings. The Morgan fingerprint density at radius 1 is 1.55 bits per heavy atom. The number of hydrogen-bond donors (Lipinski definition) is 1. The monoisotopic (exact) mass is 338 g/mol. The van der Waals surface area contributed by atoms with Crippen LogP contribution in [0.4, 0.5) is 5.69 Å². The van der Waals surface area contributed by atoms with Crippen molar-refractivity contribution < 1.29 is 9.59 Å². The van der Waals surface area contributed by atoms with E-state index in [0.29, 0.717) is 0 Å². The molecule has 1 aromatic carbocycles. The highest BCUT2D eigenvalue weighted by Gasteiger charge is 2.34. The normalized spacial score (nSPS) is 21.2. The first-order chi connectivity index (χ1) is 9.58. The quantitative estimate of drug-likeness (QED) is 0.857. The summed E-state index contributed by atoms with van der Waals surface area (Å²) in [5.41, 5.74) is 1.90. The van der Waals surface area contributed by atoms with Gasteiger partial charge in [-0.3, -0.25) is 9.59 Å². The molecule has 1 aliphatic rings. The van der Waals surface area contributed by atoms with E-state index in [2.05, 4.69) is 28.2 Å². The zero-order valence-electron chi connectivity index (χ0n) is 11.7. The van der Waals surface area contributed by atoms with Crippen LogP contribution in [0.25, 0.3) is 0 Å². The van der Waals surface area contributed by atoms with Gasteiger partial charge in [0.1, 0.15) is 0 Å². The van der Waals surface area contributed by atoms with Gasteiger partial charge in [-0.15, -0.1) is 0 Å². The van der Waals surface area contributed by atoms with Crippen molar-refractivity contribution in [1.29, 1.82) is 0 Å². The Labute approximate surface area is 127 Å². The van der Waals surface area contributed by atoms with E-state index in [-0.39, 0.29) is 18.0 Å². The predicted octanol–water partition coefficient (Wildman–Crippen LogP) is 3.16. The maximum absolute atomic E-state index is 12.0. The summed E-state index contributed by atoms with van der Waals surface area (Å²) >= 11 is 3.45. The molecule has 2 amide bonds. The van der Waals surface area contributed by atoms with Crippen molar-refractivity contribution in [2.75, 3.05) is 4.90 Å². The number of nitrogens with one attached hydrogen (secondary N) is 1. The van der Waals surface area contributed by atoms with Gasteiger partial charge in [0.2, 0.25) is 12.3 Å². The second-order valence-corrected chi connectivity index (χ2v) is 6.02. The molecule has 0 bridgehead atoms. The molecule has 0 spiro atoms. The molecule has 0 saturated carbocycles. The van der Waals surface area contributed by atoms with E-state index in [1.165, 1.54) is 0 Å². The molecule has 0 fully saturated rings. The standard InChI is InChI=1S/C15H19BrN2O2/c1-3-4-12-8-14(17-9-19)13-7-11(16)5-6-15(13)18(12)10(2)20/h5-7,9,12,14H,3-4,8H2,1-2H3,(H,17,19). The van der Waals surface area contributed by atoms with Gasteiger partial charge in [-0.2, -0.15) is 0 Å². The summed E-state index contributed by atoms with van der Waals surface area (Å²) in [5, 5.41) is 2.88. The number of rotatable bonds is 4. The largest absolute Gasteiger partial charge is 0.352 e. The van der Waals surface area contributed by atoms with Crippen molar-refractivity contribution in [3.8, 4) is 0 Å². The van der Waals surface area contributed by atoms with Crippen LogP contribution in [-0.2, 0) is 9.59 Å². The molecule has 2 rings (SSSR count). The van der Waals surface area contributed by atoms with Crippen molar-refractivity contribution in [3.63, 3.8) is 0 Å². The molecule has 1 aliphatic heterocycles. The van der Waals surface area contributed by atoms with Gasteiger partial charge in [0, 0.05) is 23.1 Å². The van der Waals surface area contributed by atoms with Crippen LogP contribution in [-0.4, -0.2) is 18.4 Å². The number of nitrogens with zero attached hydrogens (tertiary/aromatic N) is 1. The molecule has 2 unspecified atom stereocenters. The van der Waals surface area contributed by atoms with Crippen LogP contribution in [0.1, 0.15) is 44.7 Å². The minimum absolute atomic E-state index is 0.0350. The summed E-state index contributed by atoms with van der Waals surface area (Å²) in [5.74, 6) is 0.0524. The Balaban J connectivity index is 2.49. The van der Waals surface area contributed by atoms with E-state index in [1.54, 1.807) is 6.92 Å². The van der Waals surface area contributed by atoms with Crippen LogP contribution >= 0.6 is 15.9 Å². The van der Waals surface area contributed by atoms with Crippen molar-refractivity contribution >= 4 is 33.9 Å². The fourth-order valence-electron chi connectivity index (χ4n) is 2.97. The molecule has 2 atom stereocenters. The molecule has 0 aliphatic carbocycles. The molecule has 0 radical (unpaired) electrons. The lowest BCUT2D eigenvalue weighted by Gasteiger charge is -2.40. The minimum atomic E-state index is -0.0350. The molecule has 1 heterocycles. The number of amides is 2. The fourth-order valence-corrected chi connectivity index (χ4v) is 3.35. The smallest absolute Gasteiger partial charge is 0.224 e. The van der Waals surface area contributed by atoms with E-state index in [0.717, 1.165) is 41.4 Å². The van der Waals surface area contributed by atoms with Crippen LogP contribution in [0.15, 0.2) is 22.7 Å². The molecular formula is C15H19BrN2O2. The van der Waals surface area contributed by atoms with E-state index in [9.17, 15) is 9.59 Å². The predicted molar refractivity (Wildman–Crippen MR) is 82.6 cm³/mol. The SMILES string of the molecule is CCCC1CC(NC=O)c2cc(Br)ccc2N1C(C)=O. The van der Waals surface area contributed by atoms with E-state index >= 15 is 0 Å². The molecule has 4 nitrogen and oxygen atoms in total. The van der Waals surface area contributed by atoms with E-state index in [4.69, 9.17) is 0 Å². The summed E-state index contributed by atoms with van der Waals surface area (Å²) < 4.78 is 0.950. The van der Waals surface area contributed by atoms with Crippen LogP contribution in [0, 0.1) is 0 Å². The average Bonchev–Trinajstić information content (AvgIpc) is 2.39. The number of fused-ring (bicyclic) bond motifs is 1.